The summed E-state index contributed by atoms with van der Waals surface area (Å²) in [5.74, 6) is 0.317. The lowest BCUT2D eigenvalue weighted by Crippen LogP contribution is -2.51. The van der Waals surface area contributed by atoms with Crippen LogP contribution in [-0.2, 0) is 0 Å². The molecule has 2 aromatic heterocycles. The maximum absolute atomic E-state index is 12.8. The second kappa shape index (κ2) is 6.75. The molecule has 0 saturated carbocycles. The first-order valence-electron chi connectivity index (χ1n) is 9.49. The number of piperidine rings is 1. The summed E-state index contributed by atoms with van der Waals surface area (Å²) in [7, 11) is 0. The third-order valence-corrected chi connectivity index (χ3v) is 6.47. The minimum absolute atomic E-state index is 0.130. The Kier molecular flexibility index (Phi) is 4.21. The van der Waals surface area contributed by atoms with Gasteiger partial charge in [-0.2, -0.15) is 0 Å². The summed E-state index contributed by atoms with van der Waals surface area (Å²) >= 11 is 1.54. The minimum atomic E-state index is -0.130. The maximum atomic E-state index is 12.8. The van der Waals surface area contributed by atoms with Gasteiger partial charge in [0.1, 0.15) is 10.0 Å². The molecule has 8 nitrogen and oxygen atoms in total. The van der Waals surface area contributed by atoms with E-state index in [9.17, 15) is 4.79 Å². The summed E-state index contributed by atoms with van der Waals surface area (Å²) in [5, 5.41) is 13.8. The van der Waals surface area contributed by atoms with Crippen molar-refractivity contribution in [3.05, 3.63) is 29.4 Å². The monoisotopic (exact) mass is 395 g/mol. The highest BCUT2D eigenvalue weighted by molar-refractivity contribution is 7.14. The lowest BCUT2D eigenvalue weighted by atomic mass is 9.99. The Balaban J connectivity index is 1.39. The van der Waals surface area contributed by atoms with Crippen molar-refractivity contribution in [3.8, 4) is 10.6 Å². The van der Waals surface area contributed by atoms with E-state index < -0.39 is 0 Å². The maximum Gasteiger partial charge on any atom is 0.324 e. The zero-order chi connectivity index (χ0) is 19.3. The normalized spacial score (nSPS) is 23.9. The van der Waals surface area contributed by atoms with Gasteiger partial charge in [-0.1, -0.05) is 23.5 Å². The number of aryl methyl sites for hydroxylation is 1. The van der Waals surface area contributed by atoms with Crippen LogP contribution in [0.1, 0.15) is 30.7 Å². The molecular formula is C19H21N7OS. The lowest BCUT2D eigenvalue weighted by molar-refractivity contribution is 0.150. The highest BCUT2D eigenvalue weighted by atomic mass is 32.1. The topological polar surface area (TPSA) is 110 Å². The molecule has 0 spiro atoms. The van der Waals surface area contributed by atoms with Crippen LogP contribution in [0.4, 0.5) is 10.7 Å². The van der Waals surface area contributed by atoms with Gasteiger partial charge in [0.15, 0.2) is 0 Å². The number of nitrogens with one attached hydrogen (secondary N) is 1. The fourth-order valence-corrected chi connectivity index (χ4v) is 5.03. The largest absolute Gasteiger partial charge is 0.328 e. The summed E-state index contributed by atoms with van der Waals surface area (Å²) in [5.41, 5.74) is 7.82. The molecule has 0 aliphatic carbocycles. The first-order chi connectivity index (χ1) is 13.6. The van der Waals surface area contributed by atoms with Crippen molar-refractivity contribution >= 4 is 34.2 Å². The number of hydrogen-bond donors (Lipinski definition) is 2. The van der Waals surface area contributed by atoms with E-state index in [2.05, 4.69) is 25.5 Å². The Morgan fingerprint density at radius 1 is 1.25 bits per heavy atom. The first-order valence-corrected chi connectivity index (χ1v) is 10.3. The summed E-state index contributed by atoms with van der Waals surface area (Å²) < 4.78 is 0. The Labute approximate surface area is 166 Å². The second-order valence-corrected chi connectivity index (χ2v) is 8.73. The second-order valence-electron chi connectivity index (χ2n) is 7.55. The molecule has 4 heterocycles. The highest BCUT2D eigenvalue weighted by Crippen LogP contribution is 2.35. The molecule has 3 N–H and O–H groups in total. The number of fused-ring (bicyclic) bond motifs is 3. The molecule has 2 aliphatic rings. The number of hydrogen-bond acceptors (Lipinski definition) is 7. The van der Waals surface area contributed by atoms with Crippen molar-refractivity contribution in [2.75, 3.05) is 5.32 Å². The van der Waals surface area contributed by atoms with Crippen LogP contribution >= 0.6 is 11.3 Å². The van der Waals surface area contributed by atoms with Gasteiger partial charge in [-0.3, -0.25) is 5.32 Å². The number of amides is 2. The number of benzene rings is 1. The number of rotatable bonds is 2. The molecule has 2 bridgehead atoms. The molecule has 0 radical (unpaired) electrons. The summed E-state index contributed by atoms with van der Waals surface area (Å²) in [6.07, 6.45) is 5.51. The fraction of sp³-hybridized carbons (Fsp3) is 0.421. The van der Waals surface area contributed by atoms with Crippen molar-refractivity contribution in [3.63, 3.8) is 0 Å². The predicted octanol–water partition coefficient (Wildman–Crippen LogP) is 2.94. The molecular weight excluding hydrogens is 374 g/mol. The summed E-state index contributed by atoms with van der Waals surface area (Å²) in [4.78, 5) is 23.6. The van der Waals surface area contributed by atoms with Gasteiger partial charge in [-0.25, -0.2) is 14.8 Å². The van der Waals surface area contributed by atoms with E-state index in [1.54, 1.807) is 6.20 Å². The van der Waals surface area contributed by atoms with E-state index in [0.29, 0.717) is 5.95 Å². The smallest absolute Gasteiger partial charge is 0.324 e. The Hall–Kier alpha value is -2.65. The number of anilines is 1. The van der Waals surface area contributed by atoms with E-state index >= 15 is 0 Å². The molecule has 9 heteroatoms. The molecule has 2 aliphatic heterocycles. The molecule has 144 valence electrons. The number of carbonyl (C=O) groups is 1. The van der Waals surface area contributed by atoms with Crippen molar-refractivity contribution < 1.29 is 4.79 Å². The van der Waals surface area contributed by atoms with Gasteiger partial charge in [-0.05, 0) is 38.7 Å². The van der Waals surface area contributed by atoms with Gasteiger partial charge < -0.3 is 10.6 Å². The molecule has 28 heavy (non-hydrogen) atoms. The molecule has 2 saturated heterocycles. The van der Waals surface area contributed by atoms with E-state index in [1.807, 2.05) is 30.0 Å². The first kappa shape index (κ1) is 17.4. The van der Waals surface area contributed by atoms with Gasteiger partial charge in [-0.15, -0.1) is 10.2 Å². The zero-order valence-electron chi connectivity index (χ0n) is 15.5. The van der Waals surface area contributed by atoms with Crippen molar-refractivity contribution in [2.45, 2.75) is 50.7 Å². The van der Waals surface area contributed by atoms with Crippen LogP contribution in [0.3, 0.4) is 0 Å². The molecule has 1 aromatic carbocycles. The van der Waals surface area contributed by atoms with Crippen LogP contribution in [-0.4, -0.2) is 49.2 Å². The van der Waals surface area contributed by atoms with E-state index in [0.717, 1.165) is 52.2 Å². The van der Waals surface area contributed by atoms with Gasteiger partial charge in [0, 0.05) is 35.3 Å². The molecule has 2 fully saturated rings. The summed E-state index contributed by atoms with van der Waals surface area (Å²) in [6.45, 7) is 1.93. The standard InChI is InChI=1S/C19H21N7OS/c1-10-24-25-17(28-10)11-2-3-12-9-21-18(22-16(12)6-11)23-19(27)26-14-4-5-15(26)8-13(20)7-14/h2-3,6,9,13-15H,4-5,7-8,20H2,1H3,(H,21,22,23,27)/t13-,14+,15-. The van der Waals surface area contributed by atoms with Crippen molar-refractivity contribution in [2.24, 2.45) is 5.73 Å². The zero-order valence-corrected chi connectivity index (χ0v) is 16.3. The van der Waals surface area contributed by atoms with Gasteiger partial charge in [0.05, 0.1) is 5.52 Å². The van der Waals surface area contributed by atoms with Gasteiger partial charge in [0.2, 0.25) is 5.95 Å². The quantitative estimate of drug-likeness (QED) is 0.690. The third kappa shape index (κ3) is 3.10. The molecule has 5 rings (SSSR count). The predicted molar refractivity (Wildman–Crippen MR) is 108 cm³/mol. The number of nitrogens with two attached hydrogens (primary N) is 1. The number of nitrogens with zero attached hydrogens (tertiary/aromatic N) is 5. The van der Waals surface area contributed by atoms with Crippen LogP contribution < -0.4 is 11.1 Å². The Bertz CT molecular complexity index is 1040. The molecule has 2 amide bonds. The average Bonchev–Trinajstić information content (AvgIpc) is 3.22. The van der Waals surface area contributed by atoms with Crippen LogP contribution in [0.15, 0.2) is 24.4 Å². The number of aromatic nitrogens is 4. The Morgan fingerprint density at radius 3 is 2.75 bits per heavy atom. The number of carbonyl (C=O) groups excluding carboxylic acids is 1. The molecule has 0 unspecified atom stereocenters. The van der Waals surface area contributed by atoms with Crippen LogP contribution in [0, 0.1) is 6.92 Å². The Morgan fingerprint density at radius 2 is 2.04 bits per heavy atom. The van der Waals surface area contributed by atoms with Crippen LogP contribution in [0.5, 0.6) is 0 Å². The van der Waals surface area contributed by atoms with Gasteiger partial charge in [0.25, 0.3) is 0 Å². The molecule has 3 atom stereocenters. The summed E-state index contributed by atoms with van der Waals surface area (Å²) in [6, 6.07) is 6.41. The highest BCUT2D eigenvalue weighted by Gasteiger charge is 2.42. The molecule has 3 aromatic rings. The average molecular weight is 395 g/mol. The lowest BCUT2D eigenvalue weighted by Gasteiger charge is -2.37. The van der Waals surface area contributed by atoms with Gasteiger partial charge >= 0.3 is 6.03 Å². The third-order valence-electron chi connectivity index (χ3n) is 5.58. The van der Waals surface area contributed by atoms with E-state index in [4.69, 9.17) is 5.73 Å². The number of urea groups is 1. The SMILES string of the molecule is Cc1nnc(-c2ccc3cnc(NC(=O)N4[C@@H]5CC[C@H]4C[C@@H](N)C5)nc3c2)s1. The minimum Gasteiger partial charge on any atom is -0.328 e. The van der Waals surface area contributed by atoms with Crippen molar-refractivity contribution in [1.29, 1.82) is 0 Å². The fourth-order valence-electron chi connectivity index (χ4n) is 4.34. The van der Waals surface area contributed by atoms with E-state index in [1.165, 1.54) is 11.3 Å². The van der Waals surface area contributed by atoms with Crippen LogP contribution in [0.2, 0.25) is 0 Å². The van der Waals surface area contributed by atoms with Crippen molar-refractivity contribution in [1.82, 2.24) is 25.1 Å². The van der Waals surface area contributed by atoms with Crippen LogP contribution in [0.25, 0.3) is 21.5 Å². The van der Waals surface area contributed by atoms with E-state index in [-0.39, 0.29) is 24.2 Å².